The van der Waals surface area contributed by atoms with Crippen molar-refractivity contribution in [3.63, 3.8) is 0 Å². The molecule has 0 bridgehead atoms. The van der Waals surface area contributed by atoms with Crippen LogP contribution in [0.25, 0.3) is 0 Å². The van der Waals surface area contributed by atoms with Crippen LogP contribution in [0, 0.1) is 5.92 Å². The van der Waals surface area contributed by atoms with Crippen LogP contribution in [-0.4, -0.2) is 54.8 Å². The van der Waals surface area contributed by atoms with E-state index in [2.05, 4.69) is 4.90 Å². The molecule has 0 aliphatic carbocycles. The van der Waals surface area contributed by atoms with Gasteiger partial charge in [0.05, 0.1) is 17.4 Å². The van der Waals surface area contributed by atoms with Crippen molar-refractivity contribution >= 4 is 15.6 Å². The maximum absolute atomic E-state index is 13.4. The molecule has 2 aromatic rings. The molecule has 0 radical (unpaired) electrons. The van der Waals surface area contributed by atoms with Gasteiger partial charge in [-0.2, -0.15) is 0 Å². The zero-order valence-corrected chi connectivity index (χ0v) is 16.5. The molecular formula is C22H25NO4S. The normalized spacial score (nSPS) is 30.2. The highest BCUT2D eigenvalue weighted by Crippen LogP contribution is 2.40. The van der Waals surface area contributed by atoms with E-state index in [0.29, 0.717) is 31.5 Å². The molecule has 28 heavy (non-hydrogen) atoms. The molecule has 2 saturated heterocycles. The van der Waals surface area contributed by atoms with Crippen LogP contribution in [-0.2, 0) is 15.4 Å². The molecule has 2 aromatic carbocycles. The molecule has 0 saturated carbocycles. The van der Waals surface area contributed by atoms with Gasteiger partial charge in [0, 0.05) is 24.7 Å². The zero-order valence-electron chi connectivity index (χ0n) is 15.7. The van der Waals surface area contributed by atoms with Crippen LogP contribution in [0.3, 0.4) is 0 Å². The SMILES string of the molecule is O=C(c1ccccc1)[C@H]1CN([C@@H]2CCS(=O)(=O)C2)CC[C@]1(O)c1ccccc1. The average Bonchev–Trinajstić information content (AvgIpc) is 3.09. The second-order valence-electron chi connectivity index (χ2n) is 7.87. The molecule has 0 spiro atoms. The second-order valence-corrected chi connectivity index (χ2v) is 10.1. The maximum atomic E-state index is 13.4. The highest BCUT2D eigenvalue weighted by molar-refractivity contribution is 7.91. The number of carbonyl (C=O) groups excluding carboxylic acids is 1. The Morgan fingerprint density at radius 1 is 1.04 bits per heavy atom. The van der Waals surface area contributed by atoms with Crippen LogP contribution in [0.2, 0.25) is 0 Å². The molecule has 0 amide bonds. The molecule has 2 aliphatic heterocycles. The molecule has 2 aliphatic rings. The van der Waals surface area contributed by atoms with E-state index in [1.165, 1.54) is 0 Å². The summed E-state index contributed by atoms with van der Waals surface area (Å²) < 4.78 is 23.9. The fraction of sp³-hybridized carbons (Fsp3) is 0.409. The fourth-order valence-electron chi connectivity index (χ4n) is 4.54. The van der Waals surface area contributed by atoms with Gasteiger partial charge in [0.15, 0.2) is 15.6 Å². The number of Topliss-reactive ketones (excluding diaryl/α,β-unsaturated/α-hetero) is 1. The number of benzene rings is 2. The summed E-state index contributed by atoms with van der Waals surface area (Å²) >= 11 is 0. The Morgan fingerprint density at radius 2 is 1.68 bits per heavy atom. The van der Waals surface area contributed by atoms with Crippen molar-refractivity contribution < 1.29 is 18.3 Å². The van der Waals surface area contributed by atoms with Gasteiger partial charge in [-0.1, -0.05) is 60.7 Å². The summed E-state index contributed by atoms with van der Waals surface area (Å²) in [6.45, 7) is 0.934. The lowest BCUT2D eigenvalue weighted by atomic mass is 9.72. The van der Waals surface area contributed by atoms with E-state index in [9.17, 15) is 18.3 Å². The number of carbonyl (C=O) groups is 1. The highest BCUT2D eigenvalue weighted by atomic mass is 32.2. The topological polar surface area (TPSA) is 74.7 Å². The molecule has 3 atom stereocenters. The lowest BCUT2D eigenvalue weighted by Crippen LogP contribution is -2.55. The number of nitrogens with zero attached hydrogens (tertiary/aromatic N) is 1. The first-order valence-corrected chi connectivity index (χ1v) is 11.5. The lowest BCUT2D eigenvalue weighted by molar-refractivity contribution is -0.0704. The second kappa shape index (κ2) is 7.43. The fourth-order valence-corrected chi connectivity index (χ4v) is 6.30. The van der Waals surface area contributed by atoms with Crippen molar-refractivity contribution in [3.05, 3.63) is 71.8 Å². The molecule has 2 fully saturated rings. The highest BCUT2D eigenvalue weighted by Gasteiger charge is 2.48. The minimum absolute atomic E-state index is 0.0728. The molecule has 5 nitrogen and oxygen atoms in total. The monoisotopic (exact) mass is 399 g/mol. The van der Waals surface area contributed by atoms with Gasteiger partial charge >= 0.3 is 0 Å². The van der Waals surface area contributed by atoms with Crippen molar-refractivity contribution in [2.45, 2.75) is 24.5 Å². The summed E-state index contributed by atoms with van der Waals surface area (Å²) in [5, 5.41) is 11.6. The molecular weight excluding hydrogens is 374 g/mol. The minimum atomic E-state index is -3.00. The first kappa shape index (κ1) is 19.3. The van der Waals surface area contributed by atoms with Crippen LogP contribution in [0.1, 0.15) is 28.8 Å². The van der Waals surface area contributed by atoms with Gasteiger partial charge in [-0.3, -0.25) is 9.69 Å². The number of ketones is 1. The number of hydrogen-bond acceptors (Lipinski definition) is 5. The largest absolute Gasteiger partial charge is 0.384 e. The Hall–Kier alpha value is -2.02. The quantitative estimate of drug-likeness (QED) is 0.799. The van der Waals surface area contributed by atoms with Crippen LogP contribution < -0.4 is 0 Å². The van der Waals surface area contributed by atoms with Crippen molar-refractivity contribution in [1.82, 2.24) is 4.90 Å². The van der Waals surface area contributed by atoms with Crippen LogP contribution in [0.4, 0.5) is 0 Å². The predicted molar refractivity (Wildman–Crippen MR) is 108 cm³/mol. The smallest absolute Gasteiger partial charge is 0.170 e. The standard InChI is InChI=1S/C22H25NO4S/c24-21(17-7-3-1-4-8-17)20-15-23(19-11-14-28(26,27)16-19)13-12-22(20,25)18-9-5-2-6-10-18/h1-10,19-20,25H,11-16H2/t19-,20-,22+/m1/s1. The molecule has 6 heteroatoms. The lowest BCUT2D eigenvalue weighted by Gasteiger charge is -2.46. The Balaban J connectivity index is 1.67. The van der Waals surface area contributed by atoms with Gasteiger partial charge in [-0.05, 0) is 18.4 Å². The third-order valence-corrected chi connectivity index (χ3v) is 7.90. The molecule has 148 valence electrons. The van der Waals surface area contributed by atoms with Gasteiger partial charge in [-0.25, -0.2) is 8.42 Å². The number of sulfone groups is 1. The Labute approximate surface area is 165 Å². The maximum Gasteiger partial charge on any atom is 0.170 e. The molecule has 0 aromatic heterocycles. The van der Waals surface area contributed by atoms with Gasteiger partial charge in [0.1, 0.15) is 5.60 Å². The molecule has 1 N–H and O–H groups in total. The van der Waals surface area contributed by atoms with E-state index < -0.39 is 21.4 Å². The van der Waals surface area contributed by atoms with Crippen LogP contribution in [0.15, 0.2) is 60.7 Å². The van der Waals surface area contributed by atoms with E-state index in [1.54, 1.807) is 12.1 Å². The summed E-state index contributed by atoms with van der Waals surface area (Å²) in [7, 11) is -3.00. The van der Waals surface area contributed by atoms with Crippen molar-refractivity contribution in [2.75, 3.05) is 24.6 Å². The van der Waals surface area contributed by atoms with Crippen LogP contribution >= 0.6 is 0 Å². The van der Waals surface area contributed by atoms with E-state index in [1.807, 2.05) is 48.5 Å². The molecule has 4 rings (SSSR count). The van der Waals surface area contributed by atoms with E-state index >= 15 is 0 Å². The van der Waals surface area contributed by atoms with Crippen molar-refractivity contribution in [2.24, 2.45) is 5.92 Å². The van der Waals surface area contributed by atoms with Crippen molar-refractivity contribution in [3.8, 4) is 0 Å². The minimum Gasteiger partial charge on any atom is -0.384 e. The zero-order chi connectivity index (χ0) is 19.8. The summed E-state index contributed by atoms with van der Waals surface area (Å²) in [6, 6.07) is 18.3. The first-order chi connectivity index (χ1) is 13.4. The molecule has 2 heterocycles. The van der Waals surface area contributed by atoms with E-state index in [-0.39, 0.29) is 23.3 Å². The van der Waals surface area contributed by atoms with Gasteiger partial charge < -0.3 is 5.11 Å². The first-order valence-electron chi connectivity index (χ1n) is 9.71. The number of piperidine rings is 1. The van der Waals surface area contributed by atoms with Gasteiger partial charge in [0.25, 0.3) is 0 Å². The number of hydrogen-bond donors (Lipinski definition) is 1. The Morgan fingerprint density at radius 3 is 2.29 bits per heavy atom. The van der Waals surface area contributed by atoms with Crippen molar-refractivity contribution in [1.29, 1.82) is 0 Å². The third-order valence-electron chi connectivity index (χ3n) is 6.15. The Bertz CT molecular complexity index is 945. The van der Waals surface area contributed by atoms with Gasteiger partial charge in [0.2, 0.25) is 0 Å². The summed E-state index contributed by atoms with van der Waals surface area (Å²) in [5.74, 6) is -0.399. The summed E-state index contributed by atoms with van der Waals surface area (Å²) in [5.41, 5.74) is 0.0491. The van der Waals surface area contributed by atoms with Crippen LogP contribution in [0.5, 0.6) is 0 Å². The molecule has 0 unspecified atom stereocenters. The van der Waals surface area contributed by atoms with Gasteiger partial charge in [-0.15, -0.1) is 0 Å². The predicted octanol–water partition coefficient (Wildman–Crippen LogP) is 2.27. The Kier molecular flexibility index (Phi) is 5.12. The number of rotatable bonds is 4. The number of likely N-dealkylation sites (tertiary alicyclic amines) is 1. The number of aliphatic hydroxyl groups is 1. The summed E-state index contributed by atoms with van der Waals surface area (Å²) in [6.07, 6.45) is 0.995. The summed E-state index contributed by atoms with van der Waals surface area (Å²) in [4.78, 5) is 15.5. The third kappa shape index (κ3) is 3.64. The van der Waals surface area contributed by atoms with E-state index in [4.69, 9.17) is 0 Å². The average molecular weight is 400 g/mol. The van der Waals surface area contributed by atoms with E-state index in [0.717, 1.165) is 5.56 Å².